The Morgan fingerprint density at radius 1 is 1.20 bits per heavy atom. The average Bonchev–Trinajstić information content (AvgIpc) is 2.86. The number of benzene rings is 1. The summed E-state index contributed by atoms with van der Waals surface area (Å²) >= 11 is 0. The molecule has 1 aliphatic rings. The quantitative estimate of drug-likeness (QED) is 0.855. The maximum Gasteiger partial charge on any atom is 0.246 e. The molecule has 1 heterocycles. The van der Waals surface area contributed by atoms with Gasteiger partial charge in [0, 0.05) is 25.7 Å². The summed E-state index contributed by atoms with van der Waals surface area (Å²) in [6, 6.07) is 0.291. The molecule has 1 saturated heterocycles. The minimum atomic E-state index is -4.18. The molecule has 1 atom stereocenters. The maximum absolute atomic E-state index is 13.5. The second-order valence-corrected chi connectivity index (χ2v) is 6.33. The zero-order valence-electron chi connectivity index (χ0n) is 10.6. The molecule has 0 saturated carbocycles. The summed E-state index contributed by atoms with van der Waals surface area (Å²) in [6.07, 6.45) is 0.584. The first-order valence-corrected chi connectivity index (χ1v) is 7.11. The molecule has 2 rings (SSSR count). The lowest BCUT2D eigenvalue weighted by molar-refractivity contribution is 0.383. The van der Waals surface area contributed by atoms with Crippen LogP contribution in [0.3, 0.4) is 0 Å². The summed E-state index contributed by atoms with van der Waals surface area (Å²) in [6.45, 7) is 1.10. The number of sulfonamides is 1. The normalized spacial score (nSPS) is 19.1. The highest BCUT2D eigenvalue weighted by atomic mass is 35.5. The zero-order valence-corrected chi connectivity index (χ0v) is 12.2. The minimum absolute atomic E-state index is 0. The van der Waals surface area contributed by atoms with Gasteiger partial charge in [-0.05, 0) is 19.0 Å². The highest BCUT2D eigenvalue weighted by Gasteiger charge is 2.32. The highest BCUT2D eigenvalue weighted by Crippen LogP contribution is 2.24. The second-order valence-electron chi connectivity index (χ2n) is 4.36. The van der Waals surface area contributed by atoms with E-state index in [1.807, 2.05) is 0 Å². The van der Waals surface area contributed by atoms with Gasteiger partial charge in [-0.25, -0.2) is 21.6 Å². The molecule has 0 radical (unpaired) electrons. The molecule has 114 valence electrons. The van der Waals surface area contributed by atoms with E-state index in [9.17, 15) is 21.6 Å². The van der Waals surface area contributed by atoms with Gasteiger partial charge in [0.15, 0.2) is 11.6 Å². The average molecular weight is 331 g/mol. The first-order valence-electron chi connectivity index (χ1n) is 5.67. The molecule has 1 unspecified atom stereocenters. The van der Waals surface area contributed by atoms with Crippen molar-refractivity contribution in [2.75, 3.05) is 20.1 Å². The van der Waals surface area contributed by atoms with Gasteiger partial charge >= 0.3 is 0 Å². The molecule has 1 fully saturated rings. The standard InChI is InChI=1S/C11H13F3N2O2S.ClH/c1-16(7-2-3-15-6-7)19(17,18)11-5-9(13)8(12)4-10(11)14;/h4-5,7,15H,2-3,6H2,1H3;1H. The highest BCUT2D eigenvalue weighted by molar-refractivity contribution is 7.89. The molecule has 4 nitrogen and oxygen atoms in total. The maximum atomic E-state index is 13.5. The molecular formula is C11H14ClF3N2O2S. The fourth-order valence-corrected chi connectivity index (χ4v) is 3.44. The van der Waals surface area contributed by atoms with E-state index in [4.69, 9.17) is 0 Å². The van der Waals surface area contributed by atoms with Gasteiger partial charge in [0.25, 0.3) is 0 Å². The number of hydrogen-bond acceptors (Lipinski definition) is 3. The molecular weight excluding hydrogens is 317 g/mol. The minimum Gasteiger partial charge on any atom is -0.315 e. The SMILES string of the molecule is CN(C1CCNC1)S(=O)(=O)c1cc(F)c(F)cc1F.Cl. The molecule has 20 heavy (non-hydrogen) atoms. The van der Waals surface area contributed by atoms with Crippen LogP contribution >= 0.6 is 12.4 Å². The predicted octanol–water partition coefficient (Wildman–Crippen LogP) is 1.51. The van der Waals surface area contributed by atoms with Gasteiger partial charge < -0.3 is 5.32 Å². The van der Waals surface area contributed by atoms with Crippen molar-refractivity contribution in [1.82, 2.24) is 9.62 Å². The van der Waals surface area contributed by atoms with Gasteiger partial charge in [-0.2, -0.15) is 4.31 Å². The number of hydrogen-bond donors (Lipinski definition) is 1. The van der Waals surface area contributed by atoms with Crippen molar-refractivity contribution in [1.29, 1.82) is 0 Å². The van der Waals surface area contributed by atoms with E-state index in [-0.39, 0.29) is 24.5 Å². The number of rotatable bonds is 3. The molecule has 1 aliphatic heterocycles. The lowest BCUT2D eigenvalue weighted by atomic mass is 10.3. The van der Waals surface area contributed by atoms with Crippen LogP contribution in [0.1, 0.15) is 6.42 Å². The van der Waals surface area contributed by atoms with Crippen LogP contribution in [-0.2, 0) is 10.0 Å². The van der Waals surface area contributed by atoms with Gasteiger partial charge in [-0.3, -0.25) is 0 Å². The summed E-state index contributed by atoms with van der Waals surface area (Å²) in [5.74, 6) is -4.10. The van der Waals surface area contributed by atoms with Crippen molar-refractivity contribution in [3.05, 3.63) is 29.6 Å². The van der Waals surface area contributed by atoms with E-state index in [1.54, 1.807) is 0 Å². The molecule has 9 heteroatoms. The van der Waals surface area contributed by atoms with Gasteiger partial charge in [0.2, 0.25) is 10.0 Å². The Morgan fingerprint density at radius 3 is 2.35 bits per heavy atom. The third-order valence-corrected chi connectivity index (χ3v) is 5.11. The van der Waals surface area contributed by atoms with Crippen molar-refractivity contribution in [2.45, 2.75) is 17.4 Å². The number of nitrogens with zero attached hydrogens (tertiary/aromatic N) is 1. The summed E-state index contributed by atoms with van der Waals surface area (Å²) < 4.78 is 64.8. The summed E-state index contributed by atoms with van der Waals surface area (Å²) in [5, 5.41) is 2.98. The fourth-order valence-electron chi connectivity index (χ4n) is 2.00. The lowest BCUT2D eigenvalue weighted by Crippen LogP contribution is -2.38. The van der Waals surface area contributed by atoms with Crippen molar-refractivity contribution >= 4 is 22.4 Å². The first kappa shape index (κ1) is 17.2. The van der Waals surface area contributed by atoms with Crippen LogP contribution in [-0.4, -0.2) is 38.9 Å². The molecule has 0 bridgehead atoms. The van der Waals surface area contributed by atoms with Gasteiger partial charge in [-0.15, -0.1) is 12.4 Å². The van der Waals surface area contributed by atoms with Crippen molar-refractivity contribution in [3.8, 4) is 0 Å². The van der Waals surface area contributed by atoms with E-state index in [2.05, 4.69) is 5.32 Å². The van der Waals surface area contributed by atoms with Crippen LogP contribution in [0.15, 0.2) is 17.0 Å². The van der Waals surface area contributed by atoms with Crippen molar-refractivity contribution < 1.29 is 21.6 Å². The van der Waals surface area contributed by atoms with Crippen LogP contribution in [0.2, 0.25) is 0 Å². The monoisotopic (exact) mass is 330 g/mol. The molecule has 1 aromatic carbocycles. The molecule has 0 aliphatic carbocycles. The van der Waals surface area contributed by atoms with Gasteiger partial charge in [-0.1, -0.05) is 0 Å². The molecule has 1 aromatic rings. The summed E-state index contributed by atoms with van der Waals surface area (Å²) in [4.78, 5) is -0.846. The smallest absolute Gasteiger partial charge is 0.246 e. The molecule has 0 spiro atoms. The van der Waals surface area contributed by atoms with Gasteiger partial charge in [0.05, 0.1) is 0 Å². The summed E-state index contributed by atoms with van der Waals surface area (Å²) in [7, 11) is -2.88. The van der Waals surface area contributed by atoms with Crippen LogP contribution in [0, 0.1) is 17.5 Å². The Balaban J connectivity index is 0.00000200. The Labute approximate surface area is 121 Å². The Hall–Kier alpha value is -0.830. The lowest BCUT2D eigenvalue weighted by Gasteiger charge is -2.23. The van der Waals surface area contributed by atoms with Crippen LogP contribution < -0.4 is 5.32 Å². The summed E-state index contributed by atoms with van der Waals surface area (Å²) in [5.41, 5.74) is 0. The van der Waals surface area contributed by atoms with Crippen molar-refractivity contribution in [2.24, 2.45) is 0 Å². The Kier molecular flexibility index (Phi) is 5.42. The van der Waals surface area contributed by atoms with Crippen molar-refractivity contribution in [3.63, 3.8) is 0 Å². The van der Waals surface area contributed by atoms with Crippen LogP contribution in [0.25, 0.3) is 0 Å². The zero-order chi connectivity index (χ0) is 14.2. The van der Waals surface area contributed by atoms with Crippen LogP contribution in [0.4, 0.5) is 13.2 Å². The second kappa shape index (κ2) is 6.30. The number of halogens is 4. The largest absolute Gasteiger partial charge is 0.315 e. The third-order valence-electron chi connectivity index (χ3n) is 3.18. The van der Waals surface area contributed by atoms with Gasteiger partial charge in [0.1, 0.15) is 10.7 Å². The van der Waals surface area contributed by atoms with E-state index in [0.29, 0.717) is 25.6 Å². The van der Waals surface area contributed by atoms with E-state index < -0.39 is 32.4 Å². The van der Waals surface area contributed by atoms with E-state index in [0.717, 1.165) is 4.31 Å². The Bertz CT molecular complexity index is 592. The van der Waals surface area contributed by atoms with Crippen LogP contribution in [0.5, 0.6) is 0 Å². The van der Waals surface area contributed by atoms with E-state index in [1.165, 1.54) is 7.05 Å². The first-order chi connectivity index (χ1) is 8.84. The van der Waals surface area contributed by atoms with E-state index >= 15 is 0 Å². The Morgan fingerprint density at radius 2 is 1.80 bits per heavy atom. The number of nitrogens with one attached hydrogen (secondary N) is 1. The predicted molar refractivity (Wildman–Crippen MR) is 69.8 cm³/mol. The fraction of sp³-hybridized carbons (Fsp3) is 0.455. The third kappa shape index (κ3) is 3.08. The molecule has 0 amide bonds. The number of likely N-dealkylation sites (N-methyl/N-ethyl adjacent to an activating group) is 1. The topological polar surface area (TPSA) is 49.4 Å². The molecule has 0 aromatic heterocycles. The molecule has 1 N–H and O–H groups in total.